The van der Waals surface area contributed by atoms with Gasteiger partial charge >= 0.3 is 0 Å². The third-order valence-corrected chi connectivity index (χ3v) is 9.60. The van der Waals surface area contributed by atoms with Gasteiger partial charge in [-0.15, -0.1) is 0 Å². The maximum Gasteiger partial charge on any atom is 0.255 e. The molecule has 2 aliphatic heterocycles. The minimum Gasteiger partial charge on any atom is -0.380 e. The maximum absolute atomic E-state index is 13.2. The molecule has 1 N–H and O–H groups in total. The fourth-order valence-corrected chi connectivity index (χ4v) is 6.94. The third-order valence-electron chi connectivity index (χ3n) is 9.60. The summed E-state index contributed by atoms with van der Waals surface area (Å²) in [6.45, 7) is 1.84. The van der Waals surface area contributed by atoms with E-state index in [4.69, 9.17) is 4.74 Å². The van der Waals surface area contributed by atoms with Crippen LogP contribution in [0.1, 0.15) is 86.6 Å². The number of aryl methyl sites for hydroxylation is 1. The van der Waals surface area contributed by atoms with Crippen molar-refractivity contribution in [3.8, 4) is 11.3 Å². The summed E-state index contributed by atoms with van der Waals surface area (Å²) >= 11 is 0. The number of hydrogen-bond acceptors (Lipinski definition) is 6. The van der Waals surface area contributed by atoms with Crippen LogP contribution in [-0.2, 0) is 16.0 Å². The Morgan fingerprint density at radius 3 is 2.22 bits per heavy atom. The number of methoxy groups -OCH3 is 1. The molecule has 0 bridgehead atoms. The molecule has 2 aromatic rings. The fourth-order valence-electron chi connectivity index (χ4n) is 6.94. The predicted molar refractivity (Wildman–Crippen MR) is 159 cm³/mol. The highest BCUT2D eigenvalue weighted by molar-refractivity contribution is 5.94. The Morgan fingerprint density at radius 1 is 0.902 bits per heavy atom. The van der Waals surface area contributed by atoms with Crippen LogP contribution in [0.5, 0.6) is 0 Å². The van der Waals surface area contributed by atoms with Crippen LogP contribution in [0.2, 0.25) is 0 Å². The zero-order valence-electron chi connectivity index (χ0n) is 24.4. The normalized spacial score (nSPS) is 23.3. The second-order valence-electron chi connectivity index (χ2n) is 12.4. The smallest absolute Gasteiger partial charge is 0.255 e. The molecule has 3 fully saturated rings. The van der Waals surface area contributed by atoms with Crippen LogP contribution in [0.4, 0.5) is 5.69 Å². The van der Waals surface area contributed by atoms with E-state index in [1.807, 2.05) is 19.2 Å². The number of benzene rings is 1. The van der Waals surface area contributed by atoms with Crippen molar-refractivity contribution in [2.45, 2.75) is 94.9 Å². The minimum absolute atomic E-state index is 0.0667. The second kappa shape index (κ2) is 12.1. The number of fused-ring (bicyclic) bond motifs is 1. The largest absolute Gasteiger partial charge is 0.380 e. The van der Waals surface area contributed by atoms with Crippen LogP contribution in [0.15, 0.2) is 36.5 Å². The molecule has 3 heterocycles. The van der Waals surface area contributed by atoms with Crippen molar-refractivity contribution in [1.82, 2.24) is 14.8 Å². The molecule has 6 rings (SSSR count). The van der Waals surface area contributed by atoms with E-state index in [1.54, 1.807) is 16.0 Å². The maximum atomic E-state index is 13.2. The molecule has 1 unspecified atom stereocenters. The van der Waals surface area contributed by atoms with E-state index in [9.17, 15) is 14.7 Å². The van der Waals surface area contributed by atoms with Gasteiger partial charge in [0.25, 0.3) is 11.8 Å². The first-order valence-corrected chi connectivity index (χ1v) is 15.7. The summed E-state index contributed by atoms with van der Waals surface area (Å²) in [6.07, 6.45) is 15.3. The highest BCUT2D eigenvalue weighted by Crippen LogP contribution is 2.39. The lowest BCUT2D eigenvalue weighted by Crippen LogP contribution is -2.53. The SMILES string of the molecule is COC1CCc2cc(-c3ccc(C(=O)N4CCN(C(=O)C5(O)CC5)CC4)cn3)ccc2N1C1CCCCCCCC1. The van der Waals surface area contributed by atoms with Gasteiger partial charge in [0, 0.05) is 56.8 Å². The van der Waals surface area contributed by atoms with Crippen molar-refractivity contribution in [2.75, 3.05) is 38.2 Å². The number of amides is 2. The van der Waals surface area contributed by atoms with Crippen molar-refractivity contribution in [1.29, 1.82) is 0 Å². The average molecular weight is 561 g/mol. The van der Waals surface area contributed by atoms with Crippen LogP contribution in [0, 0.1) is 0 Å². The van der Waals surface area contributed by atoms with Gasteiger partial charge in [0.1, 0.15) is 11.8 Å². The molecule has 1 aromatic heterocycles. The average Bonchev–Trinajstić information content (AvgIpc) is 3.75. The lowest BCUT2D eigenvalue weighted by molar-refractivity contribution is -0.143. The van der Waals surface area contributed by atoms with Crippen LogP contribution in [0.25, 0.3) is 11.3 Å². The van der Waals surface area contributed by atoms with Crippen molar-refractivity contribution in [2.24, 2.45) is 0 Å². The molecular formula is C33H44N4O4. The topological polar surface area (TPSA) is 86.2 Å². The summed E-state index contributed by atoms with van der Waals surface area (Å²) in [6, 6.07) is 11.0. The zero-order chi connectivity index (χ0) is 28.4. The molecule has 2 amide bonds. The Hall–Kier alpha value is -2.97. The van der Waals surface area contributed by atoms with Gasteiger partial charge in [-0.05, 0) is 68.4 Å². The number of carbonyl (C=O) groups excluding carboxylic acids is 2. The molecule has 0 spiro atoms. The molecule has 1 atom stereocenters. The summed E-state index contributed by atoms with van der Waals surface area (Å²) in [7, 11) is 1.84. The highest BCUT2D eigenvalue weighted by atomic mass is 16.5. The monoisotopic (exact) mass is 560 g/mol. The molecule has 8 nitrogen and oxygen atoms in total. The van der Waals surface area contributed by atoms with Gasteiger partial charge < -0.3 is 24.5 Å². The molecule has 220 valence electrons. The summed E-state index contributed by atoms with van der Waals surface area (Å²) in [5.74, 6) is -0.260. The first-order valence-electron chi connectivity index (χ1n) is 15.7. The Morgan fingerprint density at radius 2 is 1.59 bits per heavy atom. The van der Waals surface area contributed by atoms with E-state index in [2.05, 4.69) is 28.1 Å². The number of pyridine rings is 1. The van der Waals surface area contributed by atoms with Gasteiger partial charge in [0.2, 0.25) is 0 Å². The third kappa shape index (κ3) is 6.00. The molecular weight excluding hydrogens is 516 g/mol. The van der Waals surface area contributed by atoms with E-state index in [0.717, 1.165) is 24.1 Å². The van der Waals surface area contributed by atoms with Crippen molar-refractivity contribution >= 4 is 17.5 Å². The summed E-state index contributed by atoms with van der Waals surface area (Å²) in [5.41, 5.74) is 3.98. The Balaban J connectivity index is 1.13. The van der Waals surface area contributed by atoms with Crippen LogP contribution < -0.4 is 4.90 Å². The standard InChI is InChI=1S/C33H44N4O4/c1-41-30-15-12-25-22-24(11-14-29(25)37(30)27-8-6-4-2-3-5-7-9-27)28-13-10-26(23-34-28)31(38)35-18-20-36(21-19-35)32(39)33(40)16-17-33/h10-11,13-14,22-23,27,30,40H,2-9,12,15-21H2,1H3. The number of carbonyl (C=O) groups is 2. The first-order chi connectivity index (χ1) is 20.0. The molecule has 2 aliphatic carbocycles. The number of piperazine rings is 1. The highest BCUT2D eigenvalue weighted by Gasteiger charge is 2.50. The van der Waals surface area contributed by atoms with Crippen molar-refractivity contribution in [3.63, 3.8) is 0 Å². The van der Waals surface area contributed by atoms with Gasteiger partial charge in [-0.2, -0.15) is 0 Å². The van der Waals surface area contributed by atoms with Gasteiger partial charge in [0.15, 0.2) is 0 Å². The molecule has 0 radical (unpaired) electrons. The number of anilines is 1. The summed E-state index contributed by atoms with van der Waals surface area (Å²) in [4.78, 5) is 36.3. The number of aliphatic hydroxyl groups is 1. The molecule has 2 saturated carbocycles. The van der Waals surface area contributed by atoms with Crippen LogP contribution in [-0.4, -0.2) is 82.9 Å². The number of rotatable bonds is 5. The van der Waals surface area contributed by atoms with Crippen molar-refractivity contribution in [3.05, 3.63) is 47.7 Å². The Labute approximate surface area is 243 Å². The van der Waals surface area contributed by atoms with E-state index >= 15 is 0 Å². The first kappa shape index (κ1) is 28.2. The summed E-state index contributed by atoms with van der Waals surface area (Å²) < 4.78 is 6.00. The molecule has 4 aliphatic rings. The Kier molecular flexibility index (Phi) is 8.31. The zero-order valence-corrected chi connectivity index (χ0v) is 24.4. The molecule has 41 heavy (non-hydrogen) atoms. The van der Waals surface area contributed by atoms with E-state index in [0.29, 0.717) is 50.6 Å². The van der Waals surface area contributed by atoms with Crippen LogP contribution >= 0.6 is 0 Å². The number of aromatic nitrogens is 1. The fraction of sp³-hybridized carbons (Fsp3) is 0.606. The van der Waals surface area contributed by atoms with E-state index in [-0.39, 0.29) is 18.0 Å². The van der Waals surface area contributed by atoms with Gasteiger partial charge in [-0.1, -0.05) is 44.6 Å². The predicted octanol–water partition coefficient (Wildman–Crippen LogP) is 4.79. The lowest BCUT2D eigenvalue weighted by atomic mass is 9.93. The van der Waals surface area contributed by atoms with E-state index < -0.39 is 5.60 Å². The quantitative estimate of drug-likeness (QED) is 0.566. The molecule has 8 heteroatoms. The lowest BCUT2D eigenvalue weighted by Gasteiger charge is -2.43. The Bertz CT molecular complexity index is 1230. The molecule has 1 saturated heterocycles. The summed E-state index contributed by atoms with van der Waals surface area (Å²) in [5, 5.41) is 10.1. The van der Waals surface area contributed by atoms with Gasteiger partial charge in [-0.3, -0.25) is 14.6 Å². The van der Waals surface area contributed by atoms with Crippen molar-refractivity contribution < 1.29 is 19.4 Å². The second-order valence-corrected chi connectivity index (χ2v) is 12.4. The number of ether oxygens (including phenoxy) is 1. The molecule has 1 aromatic carbocycles. The van der Waals surface area contributed by atoms with E-state index in [1.165, 1.54) is 62.6 Å². The van der Waals surface area contributed by atoms with Crippen LogP contribution in [0.3, 0.4) is 0 Å². The minimum atomic E-state index is -1.15. The number of hydrogen-bond donors (Lipinski definition) is 1. The van der Waals surface area contributed by atoms with Gasteiger partial charge in [0.05, 0.1) is 11.3 Å². The number of nitrogens with zero attached hydrogens (tertiary/aromatic N) is 4. The van der Waals surface area contributed by atoms with Gasteiger partial charge in [-0.25, -0.2) is 0 Å².